The maximum absolute atomic E-state index is 14.2. The van der Waals surface area contributed by atoms with Gasteiger partial charge < -0.3 is 24.4 Å². The van der Waals surface area contributed by atoms with Gasteiger partial charge in [-0.05, 0) is 62.0 Å². The molecule has 0 aliphatic rings. The number of aromatic nitrogens is 2. The van der Waals surface area contributed by atoms with Gasteiger partial charge in [-0.2, -0.15) is 0 Å². The zero-order valence-corrected chi connectivity index (χ0v) is 26.3. The van der Waals surface area contributed by atoms with Crippen molar-refractivity contribution >= 4 is 45.0 Å². The SMILES string of the molecule is CN(C)C(=O)Cc1cc(-c2nnc(-c3ccc(F)cc3OCCOCCNC(=O)OC(C)(C)C)c3sccc23)ccc1Cl. The second-order valence-electron chi connectivity index (χ2n) is 10.9. The molecule has 1 N–H and O–H groups in total. The second-order valence-corrected chi connectivity index (χ2v) is 12.2. The van der Waals surface area contributed by atoms with Crippen LogP contribution in [0, 0.1) is 5.82 Å². The third-order valence-corrected chi connectivity index (χ3v) is 7.43. The average molecular weight is 629 g/mol. The smallest absolute Gasteiger partial charge is 0.407 e. The van der Waals surface area contributed by atoms with E-state index < -0.39 is 17.5 Å². The van der Waals surface area contributed by atoms with E-state index >= 15 is 0 Å². The molecule has 2 aromatic carbocycles. The predicted octanol–water partition coefficient (Wildman–Crippen LogP) is 6.37. The molecule has 0 unspecified atom stereocenters. The molecule has 0 bridgehead atoms. The van der Waals surface area contributed by atoms with Gasteiger partial charge in [0.05, 0.1) is 24.3 Å². The molecule has 2 heterocycles. The number of carbonyl (C=O) groups excluding carboxylic acids is 2. The van der Waals surface area contributed by atoms with Crippen LogP contribution < -0.4 is 10.1 Å². The molecule has 0 saturated carbocycles. The quantitative estimate of drug-likeness (QED) is 0.193. The lowest BCUT2D eigenvalue weighted by atomic mass is 10.0. The van der Waals surface area contributed by atoms with Crippen molar-refractivity contribution in [3.8, 4) is 28.3 Å². The van der Waals surface area contributed by atoms with E-state index in [9.17, 15) is 14.0 Å². The molecule has 4 rings (SSSR count). The number of halogens is 2. The molecule has 4 aromatic rings. The van der Waals surface area contributed by atoms with E-state index in [0.717, 1.165) is 15.6 Å². The third kappa shape index (κ3) is 8.62. The Morgan fingerprint density at radius 2 is 1.79 bits per heavy atom. The number of alkyl carbamates (subject to hydrolysis) is 1. The molecule has 43 heavy (non-hydrogen) atoms. The van der Waals surface area contributed by atoms with Crippen molar-refractivity contribution in [1.29, 1.82) is 0 Å². The van der Waals surface area contributed by atoms with Gasteiger partial charge in [0, 0.05) is 48.2 Å². The highest BCUT2D eigenvalue weighted by Crippen LogP contribution is 2.39. The Balaban J connectivity index is 1.48. The molecule has 0 saturated heterocycles. The molecule has 228 valence electrons. The summed E-state index contributed by atoms with van der Waals surface area (Å²) in [5.41, 5.74) is 2.70. The molecular weight excluding hydrogens is 595 g/mol. The highest BCUT2D eigenvalue weighted by atomic mass is 35.5. The first-order valence-corrected chi connectivity index (χ1v) is 14.9. The van der Waals surface area contributed by atoms with Crippen LogP contribution in [0.4, 0.5) is 9.18 Å². The topological polar surface area (TPSA) is 103 Å². The van der Waals surface area contributed by atoms with Crippen LogP contribution in [-0.4, -0.2) is 73.2 Å². The highest BCUT2D eigenvalue weighted by molar-refractivity contribution is 7.17. The molecule has 2 aromatic heterocycles. The summed E-state index contributed by atoms with van der Waals surface area (Å²) in [6, 6.07) is 11.7. The normalized spacial score (nSPS) is 11.4. The van der Waals surface area contributed by atoms with Gasteiger partial charge in [-0.15, -0.1) is 21.5 Å². The fourth-order valence-corrected chi connectivity index (χ4v) is 5.19. The standard InChI is InChI=1S/C31H34ClFN4O5S/c1-31(2,3)42-30(39)34-11-12-40-13-14-41-25-18-21(33)7-8-22(25)28-29-23(10-15-43-29)27(35-36-28)19-6-9-24(32)20(16-19)17-26(38)37(4)5/h6-10,15-16,18H,11-14,17H2,1-5H3,(H,34,39). The van der Waals surface area contributed by atoms with Crippen LogP contribution in [0.5, 0.6) is 5.75 Å². The van der Waals surface area contributed by atoms with Gasteiger partial charge in [-0.1, -0.05) is 17.7 Å². The molecule has 9 nitrogen and oxygen atoms in total. The summed E-state index contributed by atoms with van der Waals surface area (Å²) in [6.45, 7) is 6.28. The zero-order valence-electron chi connectivity index (χ0n) is 24.7. The maximum atomic E-state index is 14.2. The van der Waals surface area contributed by atoms with Gasteiger partial charge in [-0.25, -0.2) is 9.18 Å². The maximum Gasteiger partial charge on any atom is 0.407 e. The number of hydrogen-bond acceptors (Lipinski definition) is 8. The molecule has 0 fully saturated rings. The molecule has 0 spiro atoms. The van der Waals surface area contributed by atoms with Crippen molar-refractivity contribution in [2.24, 2.45) is 0 Å². The Morgan fingerprint density at radius 1 is 1.02 bits per heavy atom. The molecule has 0 atom stereocenters. The first-order chi connectivity index (χ1) is 20.4. The summed E-state index contributed by atoms with van der Waals surface area (Å²) in [6.07, 6.45) is -0.349. The Hall–Kier alpha value is -3.80. The second kappa shape index (κ2) is 14.1. The van der Waals surface area contributed by atoms with E-state index in [-0.39, 0.29) is 38.7 Å². The first-order valence-electron chi connectivity index (χ1n) is 13.6. The van der Waals surface area contributed by atoms with Crippen LogP contribution in [0.1, 0.15) is 26.3 Å². The number of nitrogens with zero attached hydrogens (tertiary/aromatic N) is 3. The predicted molar refractivity (Wildman–Crippen MR) is 166 cm³/mol. The Kier molecular flexibility index (Phi) is 10.5. The number of nitrogens with one attached hydrogen (secondary N) is 1. The van der Waals surface area contributed by atoms with E-state index in [2.05, 4.69) is 15.5 Å². The van der Waals surface area contributed by atoms with E-state index in [1.807, 2.05) is 23.6 Å². The highest BCUT2D eigenvalue weighted by Gasteiger charge is 2.19. The van der Waals surface area contributed by atoms with E-state index in [1.54, 1.807) is 47.0 Å². The molecule has 0 radical (unpaired) electrons. The fraction of sp³-hybridized carbons (Fsp3) is 0.355. The number of carbonyl (C=O) groups is 2. The van der Waals surface area contributed by atoms with Gasteiger partial charge in [-0.3, -0.25) is 4.79 Å². The van der Waals surface area contributed by atoms with Gasteiger partial charge >= 0.3 is 6.09 Å². The van der Waals surface area contributed by atoms with Gasteiger partial charge in [0.25, 0.3) is 0 Å². The lowest BCUT2D eigenvalue weighted by molar-refractivity contribution is -0.127. The summed E-state index contributed by atoms with van der Waals surface area (Å²) in [7, 11) is 3.40. The lowest BCUT2D eigenvalue weighted by Gasteiger charge is -2.19. The number of hydrogen-bond donors (Lipinski definition) is 1. The summed E-state index contributed by atoms with van der Waals surface area (Å²) in [5.74, 6) is -0.203. The van der Waals surface area contributed by atoms with E-state index in [0.29, 0.717) is 33.3 Å². The minimum absolute atomic E-state index is 0.0622. The molecule has 0 aliphatic carbocycles. The number of ether oxygens (including phenoxy) is 3. The Labute approximate surface area is 258 Å². The molecule has 0 aliphatic heterocycles. The van der Waals surface area contributed by atoms with E-state index in [1.165, 1.54) is 28.4 Å². The summed E-state index contributed by atoms with van der Waals surface area (Å²) >= 11 is 7.88. The molecule has 2 amide bonds. The molecular formula is C31H34ClFN4O5S. The number of rotatable bonds is 11. The number of thiophene rings is 1. The average Bonchev–Trinajstić information content (AvgIpc) is 3.43. The van der Waals surface area contributed by atoms with Crippen LogP contribution in [0.2, 0.25) is 5.02 Å². The number of likely N-dealkylation sites (N-methyl/N-ethyl adjacent to an activating group) is 1. The van der Waals surface area contributed by atoms with Crippen molar-refractivity contribution in [3.63, 3.8) is 0 Å². The number of fused-ring (bicyclic) bond motifs is 1. The summed E-state index contributed by atoms with van der Waals surface area (Å²) < 4.78 is 31.7. The van der Waals surface area contributed by atoms with Crippen molar-refractivity contribution in [2.45, 2.75) is 32.8 Å². The summed E-state index contributed by atoms with van der Waals surface area (Å²) in [4.78, 5) is 25.6. The van der Waals surface area contributed by atoms with Crippen molar-refractivity contribution in [3.05, 3.63) is 64.2 Å². The lowest BCUT2D eigenvalue weighted by Crippen LogP contribution is -2.34. The van der Waals surface area contributed by atoms with Crippen molar-refractivity contribution in [2.75, 3.05) is 40.5 Å². The van der Waals surface area contributed by atoms with Gasteiger partial charge in [0.2, 0.25) is 5.91 Å². The minimum Gasteiger partial charge on any atom is -0.490 e. The van der Waals surface area contributed by atoms with Crippen LogP contribution >= 0.6 is 22.9 Å². The minimum atomic E-state index is -0.576. The van der Waals surface area contributed by atoms with Gasteiger partial charge in [0.1, 0.15) is 35.2 Å². The third-order valence-electron chi connectivity index (χ3n) is 6.14. The Morgan fingerprint density at radius 3 is 2.53 bits per heavy atom. The van der Waals surface area contributed by atoms with Crippen LogP contribution in [0.25, 0.3) is 32.6 Å². The van der Waals surface area contributed by atoms with Crippen molar-refractivity contribution < 1.29 is 28.2 Å². The largest absolute Gasteiger partial charge is 0.490 e. The monoisotopic (exact) mass is 628 g/mol. The fourth-order valence-electron chi connectivity index (χ4n) is 4.11. The Bertz CT molecular complexity index is 1610. The van der Waals surface area contributed by atoms with E-state index in [4.69, 9.17) is 25.8 Å². The first kappa shape index (κ1) is 32.1. The number of benzene rings is 2. The summed E-state index contributed by atoms with van der Waals surface area (Å²) in [5, 5.41) is 15.0. The zero-order chi connectivity index (χ0) is 31.1. The van der Waals surface area contributed by atoms with Crippen LogP contribution in [-0.2, 0) is 20.7 Å². The molecule has 12 heteroatoms. The van der Waals surface area contributed by atoms with Crippen molar-refractivity contribution in [1.82, 2.24) is 20.4 Å². The van der Waals surface area contributed by atoms with Crippen LogP contribution in [0.3, 0.4) is 0 Å². The number of amides is 2. The van der Waals surface area contributed by atoms with Gasteiger partial charge in [0.15, 0.2) is 0 Å². The van der Waals surface area contributed by atoms with Crippen LogP contribution in [0.15, 0.2) is 47.8 Å².